The SMILES string of the molecule is COC1=NN(c2c(Cl)cc(Cl)cc2Cl)C(=O)C1N. The van der Waals surface area contributed by atoms with Gasteiger partial charge in [0.1, 0.15) is 5.69 Å². The number of carbonyl (C=O) groups is 1. The van der Waals surface area contributed by atoms with E-state index in [0.717, 1.165) is 5.01 Å². The summed E-state index contributed by atoms with van der Waals surface area (Å²) in [6, 6.07) is 1.96. The zero-order valence-electron chi connectivity index (χ0n) is 9.15. The summed E-state index contributed by atoms with van der Waals surface area (Å²) < 4.78 is 4.90. The molecule has 0 bridgehead atoms. The van der Waals surface area contributed by atoms with Crippen LogP contribution in [0.5, 0.6) is 0 Å². The summed E-state index contributed by atoms with van der Waals surface area (Å²) >= 11 is 17.8. The average Bonchev–Trinajstić information content (AvgIpc) is 2.56. The summed E-state index contributed by atoms with van der Waals surface area (Å²) in [7, 11) is 1.38. The molecule has 96 valence electrons. The first-order chi connectivity index (χ1) is 8.45. The van der Waals surface area contributed by atoms with Crippen molar-refractivity contribution in [3.63, 3.8) is 0 Å². The molecular weight excluding hydrogens is 300 g/mol. The Morgan fingerprint density at radius 1 is 1.33 bits per heavy atom. The standard InChI is InChI=1S/C10H8Cl3N3O2/c1-18-9-7(14)10(17)16(15-9)8-5(12)2-4(11)3-6(8)13/h2-3,7H,14H2,1H3. The van der Waals surface area contributed by atoms with Crippen molar-refractivity contribution in [2.75, 3.05) is 12.1 Å². The molecule has 1 aromatic carbocycles. The van der Waals surface area contributed by atoms with Gasteiger partial charge >= 0.3 is 0 Å². The number of nitrogens with zero attached hydrogens (tertiary/aromatic N) is 2. The minimum absolute atomic E-state index is 0.0992. The molecule has 1 aliphatic rings. The van der Waals surface area contributed by atoms with Gasteiger partial charge in [-0.25, -0.2) is 0 Å². The smallest absolute Gasteiger partial charge is 0.274 e. The zero-order valence-corrected chi connectivity index (χ0v) is 11.4. The quantitative estimate of drug-likeness (QED) is 0.865. The molecule has 0 saturated heterocycles. The Bertz CT molecular complexity index is 524. The summed E-state index contributed by atoms with van der Waals surface area (Å²) in [5.41, 5.74) is 5.86. The van der Waals surface area contributed by atoms with Gasteiger partial charge in [-0.2, -0.15) is 5.01 Å². The lowest BCUT2D eigenvalue weighted by Gasteiger charge is -2.15. The minimum Gasteiger partial charge on any atom is -0.482 e. The van der Waals surface area contributed by atoms with E-state index >= 15 is 0 Å². The molecule has 0 fully saturated rings. The van der Waals surface area contributed by atoms with Gasteiger partial charge in [-0.15, -0.1) is 5.10 Å². The van der Waals surface area contributed by atoms with E-state index in [1.807, 2.05) is 0 Å². The highest BCUT2D eigenvalue weighted by molar-refractivity contribution is 6.42. The Hall–Kier alpha value is -1.01. The first kappa shape index (κ1) is 13.4. The lowest BCUT2D eigenvalue weighted by molar-refractivity contribution is -0.118. The maximum absolute atomic E-state index is 11.9. The van der Waals surface area contributed by atoms with Crippen LogP contribution >= 0.6 is 34.8 Å². The third-order valence-electron chi connectivity index (χ3n) is 2.34. The Morgan fingerprint density at radius 2 is 1.89 bits per heavy atom. The molecule has 2 rings (SSSR count). The average molecular weight is 309 g/mol. The molecule has 0 saturated carbocycles. The van der Waals surface area contributed by atoms with E-state index in [2.05, 4.69) is 5.10 Å². The molecular formula is C10H8Cl3N3O2. The number of ether oxygens (including phenoxy) is 1. The number of hydrogen-bond acceptors (Lipinski definition) is 4. The molecule has 1 atom stereocenters. The van der Waals surface area contributed by atoms with Gasteiger partial charge in [0.25, 0.3) is 5.91 Å². The molecule has 2 N–H and O–H groups in total. The summed E-state index contributed by atoms with van der Waals surface area (Å²) in [6.45, 7) is 0. The number of rotatable bonds is 1. The van der Waals surface area contributed by atoms with Crippen LogP contribution in [0.25, 0.3) is 0 Å². The van der Waals surface area contributed by atoms with Crippen molar-refractivity contribution in [1.29, 1.82) is 0 Å². The fraction of sp³-hybridized carbons (Fsp3) is 0.200. The van der Waals surface area contributed by atoms with E-state index in [1.165, 1.54) is 19.2 Å². The molecule has 1 aliphatic heterocycles. The van der Waals surface area contributed by atoms with Gasteiger partial charge in [-0.1, -0.05) is 34.8 Å². The molecule has 1 amide bonds. The molecule has 1 aromatic rings. The topological polar surface area (TPSA) is 67.9 Å². The van der Waals surface area contributed by atoms with Crippen molar-refractivity contribution in [1.82, 2.24) is 0 Å². The van der Waals surface area contributed by atoms with Crippen molar-refractivity contribution in [2.24, 2.45) is 10.8 Å². The molecule has 1 heterocycles. The predicted octanol–water partition coefficient (Wildman–Crippen LogP) is 2.28. The number of benzene rings is 1. The van der Waals surface area contributed by atoms with Crippen LogP contribution in [0, 0.1) is 0 Å². The largest absolute Gasteiger partial charge is 0.482 e. The number of hydrazone groups is 1. The Balaban J connectivity index is 2.51. The number of halogens is 3. The van der Waals surface area contributed by atoms with Crippen molar-refractivity contribution in [3.05, 3.63) is 27.2 Å². The van der Waals surface area contributed by atoms with Crippen LogP contribution in [-0.2, 0) is 9.53 Å². The molecule has 8 heteroatoms. The van der Waals surface area contributed by atoms with E-state index in [4.69, 9.17) is 45.3 Å². The summed E-state index contributed by atoms with van der Waals surface area (Å²) in [5, 5.41) is 5.72. The van der Waals surface area contributed by atoms with E-state index < -0.39 is 11.9 Å². The zero-order chi connectivity index (χ0) is 13.4. The number of anilines is 1. The highest BCUT2D eigenvalue weighted by Crippen LogP contribution is 2.38. The maximum atomic E-state index is 11.9. The lowest BCUT2D eigenvalue weighted by atomic mass is 10.2. The van der Waals surface area contributed by atoms with Crippen LogP contribution in [-0.4, -0.2) is 25.0 Å². The van der Waals surface area contributed by atoms with Crippen molar-refractivity contribution < 1.29 is 9.53 Å². The minimum atomic E-state index is -0.960. The fourth-order valence-electron chi connectivity index (χ4n) is 1.51. The molecule has 0 spiro atoms. The Kier molecular flexibility index (Phi) is 3.68. The van der Waals surface area contributed by atoms with E-state index in [0.29, 0.717) is 5.02 Å². The van der Waals surface area contributed by atoms with E-state index in [-0.39, 0.29) is 21.6 Å². The van der Waals surface area contributed by atoms with Crippen LogP contribution < -0.4 is 10.7 Å². The molecule has 0 radical (unpaired) electrons. The third kappa shape index (κ3) is 2.14. The van der Waals surface area contributed by atoms with Crippen LogP contribution in [0.4, 0.5) is 5.69 Å². The van der Waals surface area contributed by atoms with Crippen LogP contribution in [0.2, 0.25) is 15.1 Å². The van der Waals surface area contributed by atoms with Gasteiger partial charge in [-0.05, 0) is 12.1 Å². The van der Waals surface area contributed by atoms with Crippen molar-refractivity contribution >= 4 is 52.3 Å². The van der Waals surface area contributed by atoms with Gasteiger partial charge in [0.05, 0.1) is 17.2 Å². The first-order valence-electron chi connectivity index (χ1n) is 4.82. The van der Waals surface area contributed by atoms with E-state index in [1.54, 1.807) is 0 Å². The molecule has 5 nitrogen and oxygen atoms in total. The van der Waals surface area contributed by atoms with Crippen LogP contribution in [0.15, 0.2) is 17.2 Å². The number of carbonyl (C=O) groups excluding carboxylic acids is 1. The Morgan fingerprint density at radius 3 is 2.33 bits per heavy atom. The normalized spacial score (nSPS) is 19.2. The molecule has 0 aromatic heterocycles. The van der Waals surface area contributed by atoms with Gasteiger partial charge < -0.3 is 10.5 Å². The van der Waals surface area contributed by atoms with Gasteiger partial charge in [0.2, 0.25) is 5.90 Å². The third-order valence-corrected chi connectivity index (χ3v) is 3.14. The number of methoxy groups -OCH3 is 1. The van der Waals surface area contributed by atoms with Gasteiger partial charge in [-0.3, -0.25) is 4.79 Å². The number of amides is 1. The second-order valence-electron chi connectivity index (χ2n) is 3.49. The van der Waals surface area contributed by atoms with E-state index in [9.17, 15) is 4.79 Å². The summed E-state index contributed by atoms with van der Waals surface area (Å²) in [6.07, 6.45) is 0. The fourth-order valence-corrected chi connectivity index (χ4v) is 2.49. The first-order valence-corrected chi connectivity index (χ1v) is 5.95. The Labute approximate surface area is 118 Å². The molecule has 18 heavy (non-hydrogen) atoms. The van der Waals surface area contributed by atoms with Gasteiger partial charge in [0, 0.05) is 5.02 Å². The number of nitrogens with two attached hydrogens (primary N) is 1. The lowest BCUT2D eigenvalue weighted by Crippen LogP contribution is -2.39. The highest BCUT2D eigenvalue weighted by atomic mass is 35.5. The summed E-state index contributed by atoms with van der Waals surface area (Å²) in [5.74, 6) is -0.375. The maximum Gasteiger partial charge on any atom is 0.274 e. The predicted molar refractivity (Wildman–Crippen MR) is 71.4 cm³/mol. The second kappa shape index (κ2) is 4.93. The van der Waals surface area contributed by atoms with Crippen LogP contribution in [0.1, 0.15) is 0 Å². The monoisotopic (exact) mass is 307 g/mol. The second-order valence-corrected chi connectivity index (χ2v) is 4.74. The molecule has 1 unspecified atom stereocenters. The van der Waals surface area contributed by atoms with Gasteiger partial charge in [0.15, 0.2) is 6.04 Å². The number of hydrogen-bond donors (Lipinski definition) is 1. The highest BCUT2D eigenvalue weighted by Gasteiger charge is 2.37. The van der Waals surface area contributed by atoms with Crippen molar-refractivity contribution in [2.45, 2.75) is 6.04 Å². The molecule has 0 aliphatic carbocycles. The van der Waals surface area contributed by atoms with Crippen molar-refractivity contribution in [3.8, 4) is 0 Å². The van der Waals surface area contributed by atoms with Crippen LogP contribution in [0.3, 0.4) is 0 Å². The summed E-state index contributed by atoms with van der Waals surface area (Å²) in [4.78, 5) is 11.9.